The standard InChI is InChI=1S/C21H26N2O4S/c24-18-14-28-20(26)23(18)17-9-5-4-8-16(17)22-19(25)21(10-12-27-13-11-21)15-6-2-1-3-7-15/h1-3,6-7,16-17H,4-5,8-14H2,(H,22,25). The Bertz CT molecular complexity index is 732. The normalized spacial score (nSPS) is 27.6. The molecule has 1 N–H and O–H groups in total. The molecule has 0 bridgehead atoms. The number of hydrogen-bond acceptors (Lipinski definition) is 5. The topological polar surface area (TPSA) is 75.7 Å². The Morgan fingerprint density at radius 2 is 1.82 bits per heavy atom. The molecule has 2 aliphatic heterocycles. The minimum absolute atomic E-state index is 0.00866. The zero-order valence-electron chi connectivity index (χ0n) is 15.9. The number of carbonyl (C=O) groups is 3. The van der Waals surface area contributed by atoms with Crippen molar-refractivity contribution in [3.8, 4) is 0 Å². The maximum Gasteiger partial charge on any atom is 0.289 e. The van der Waals surface area contributed by atoms with Crippen molar-refractivity contribution in [3.63, 3.8) is 0 Å². The molecular weight excluding hydrogens is 376 g/mol. The second-order valence-corrected chi connectivity index (χ2v) is 8.74. The Balaban J connectivity index is 1.57. The fraction of sp³-hybridized carbons (Fsp3) is 0.571. The number of amides is 3. The highest BCUT2D eigenvalue weighted by Crippen LogP contribution is 2.36. The Kier molecular flexibility index (Phi) is 5.73. The summed E-state index contributed by atoms with van der Waals surface area (Å²) in [7, 11) is 0. The molecule has 1 aliphatic carbocycles. The first-order valence-electron chi connectivity index (χ1n) is 10.0. The Labute approximate surface area is 169 Å². The molecule has 2 saturated heterocycles. The van der Waals surface area contributed by atoms with Crippen molar-refractivity contribution in [3.05, 3.63) is 35.9 Å². The molecular formula is C21H26N2O4S. The van der Waals surface area contributed by atoms with E-state index in [1.54, 1.807) is 0 Å². The maximum atomic E-state index is 13.6. The van der Waals surface area contributed by atoms with Gasteiger partial charge in [-0.15, -0.1) is 0 Å². The number of nitrogens with one attached hydrogen (secondary N) is 1. The van der Waals surface area contributed by atoms with Crippen LogP contribution in [0.1, 0.15) is 44.1 Å². The molecule has 7 heteroatoms. The molecule has 0 aromatic heterocycles. The van der Waals surface area contributed by atoms with Gasteiger partial charge in [-0.3, -0.25) is 19.3 Å². The number of imide groups is 1. The third-order valence-corrected chi connectivity index (χ3v) is 7.10. The van der Waals surface area contributed by atoms with Crippen LogP contribution >= 0.6 is 11.8 Å². The van der Waals surface area contributed by atoms with Crippen LogP contribution in [0, 0.1) is 0 Å². The van der Waals surface area contributed by atoms with Gasteiger partial charge in [0.2, 0.25) is 11.8 Å². The van der Waals surface area contributed by atoms with Crippen molar-refractivity contribution in [1.29, 1.82) is 0 Å². The summed E-state index contributed by atoms with van der Waals surface area (Å²) in [5.41, 5.74) is 0.391. The average molecular weight is 403 g/mol. The van der Waals surface area contributed by atoms with Crippen LogP contribution in [0.2, 0.25) is 0 Å². The average Bonchev–Trinajstić information content (AvgIpc) is 3.07. The van der Waals surface area contributed by atoms with Crippen LogP contribution in [0.4, 0.5) is 4.79 Å². The quantitative estimate of drug-likeness (QED) is 0.838. The first-order valence-corrected chi connectivity index (χ1v) is 11.0. The van der Waals surface area contributed by atoms with Crippen molar-refractivity contribution < 1.29 is 19.1 Å². The van der Waals surface area contributed by atoms with Gasteiger partial charge in [0.05, 0.1) is 17.2 Å². The zero-order valence-corrected chi connectivity index (χ0v) is 16.7. The van der Waals surface area contributed by atoms with Gasteiger partial charge in [-0.05, 0) is 31.2 Å². The lowest BCUT2D eigenvalue weighted by Crippen LogP contribution is -2.58. The fourth-order valence-corrected chi connectivity index (χ4v) is 5.47. The number of ether oxygens (including phenoxy) is 1. The molecule has 0 spiro atoms. The van der Waals surface area contributed by atoms with Gasteiger partial charge in [0, 0.05) is 19.3 Å². The molecule has 1 aromatic rings. The number of carbonyl (C=O) groups excluding carboxylic acids is 3. The van der Waals surface area contributed by atoms with Crippen molar-refractivity contribution in [2.45, 2.75) is 56.0 Å². The van der Waals surface area contributed by atoms with E-state index >= 15 is 0 Å². The molecule has 2 unspecified atom stereocenters. The van der Waals surface area contributed by atoms with E-state index in [0.717, 1.165) is 43.0 Å². The van der Waals surface area contributed by atoms with E-state index in [2.05, 4.69) is 5.32 Å². The van der Waals surface area contributed by atoms with E-state index in [-0.39, 0.29) is 34.9 Å². The summed E-state index contributed by atoms with van der Waals surface area (Å²) in [5, 5.41) is 3.07. The summed E-state index contributed by atoms with van der Waals surface area (Å²) in [6.45, 7) is 1.10. The van der Waals surface area contributed by atoms with Crippen LogP contribution in [0.5, 0.6) is 0 Å². The first-order chi connectivity index (χ1) is 13.6. The van der Waals surface area contributed by atoms with Gasteiger partial charge in [0.1, 0.15) is 0 Å². The molecule has 2 atom stereocenters. The number of benzene rings is 1. The van der Waals surface area contributed by atoms with Crippen LogP contribution in [0.15, 0.2) is 30.3 Å². The Morgan fingerprint density at radius 3 is 2.50 bits per heavy atom. The highest BCUT2D eigenvalue weighted by Gasteiger charge is 2.45. The van der Waals surface area contributed by atoms with Crippen LogP contribution in [-0.2, 0) is 19.7 Å². The van der Waals surface area contributed by atoms with Crippen molar-refractivity contribution >= 4 is 28.8 Å². The summed E-state index contributed by atoms with van der Waals surface area (Å²) < 4.78 is 5.54. The van der Waals surface area contributed by atoms with E-state index in [0.29, 0.717) is 26.1 Å². The summed E-state index contributed by atoms with van der Waals surface area (Å²) in [5.74, 6) is 0.0667. The van der Waals surface area contributed by atoms with E-state index in [1.807, 2.05) is 30.3 Å². The molecule has 150 valence electrons. The van der Waals surface area contributed by atoms with E-state index in [1.165, 1.54) is 4.90 Å². The second-order valence-electron chi connectivity index (χ2n) is 7.81. The first kappa shape index (κ1) is 19.5. The SMILES string of the molecule is O=C1CSC(=O)N1C1CCCCC1NC(=O)C1(c2ccccc2)CCOCC1. The molecule has 6 nitrogen and oxygen atoms in total. The van der Waals surface area contributed by atoms with Gasteiger partial charge in [-0.1, -0.05) is 54.9 Å². The minimum Gasteiger partial charge on any atom is -0.381 e. The van der Waals surface area contributed by atoms with Gasteiger partial charge in [0.25, 0.3) is 5.24 Å². The molecule has 3 amide bonds. The number of nitrogens with zero attached hydrogens (tertiary/aromatic N) is 1. The molecule has 2 heterocycles. The van der Waals surface area contributed by atoms with Gasteiger partial charge in [0.15, 0.2) is 0 Å². The van der Waals surface area contributed by atoms with E-state index in [9.17, 15) is 14.4 Å². The lowest BCUT2D eigenvalue weighted by molar-refractivity contribution is -0.134. The predicted octanol–water partition coefficient (Wildman–Crippen LogP) is 2.86. The zero-order chi connectivity index (χ0) is 19.6. The highest BCUT2D eigenvalue weighted by molar-refractivity contribution is 8.14. The van der Waals surface area contributed by atoms with Gasteiger partial charge >= 0.3 is 0 Å². The van der Waals surface area contributed by atoms with Gasteiger partial charge in [-0.2, -0.15) is 0 Å². The summed E-state index contributed by atoms with van der Waals surface area (Å²) in [6, 6.07) is 9.47. The van der Waals surface area contributed by atoms with Crippen molar-refractivity contribution in [1.82, 2.24) is 10.2 Å². The predicted molar refractivity (Wildman–Crippen MR) is 107 cm³/mol. The minimum atomic E-state index is -0.616. The van der Waals surface area contributed by atoms with Crippen molar-refractivity contribution in [2.75, 3.05) is 19.0 Å². The second kappa shape index (κ2) is 8.25. The third-order valence-electron chi connectivity index (χ3n) is 6.27. The molecule has 0 radical (unpaired) electrons. The highest BCUT2D eigenvalue weighted by atomic mass is 32.2. The van der Waals surface area contributed by atoms with E-state index < -0.39 is 5.41 Å². The lowest BCUT2D eigenvalue weighted by Gasteiger charge is -2.41. The number of rotatable bonds is 4. The number of thioether (sulfide) groups is 1. The third kappa shape index (κ3) is 3.57. The fourth-order valence-electron chi connectivity index (χ4n) is 4.70. The Morgan fingerprint density at radius 1 is 1.11 bits per heavy atom. The van der Waals surface area contributed by atoms with Gasteiger partial charge < -0.3 is 10.1 Å². The van der Waals surface area contributed by atoms with Crippen LogP contribution < -0.4 is 5.32 Å². The van der Waals surface area contributed by atoms with E-state index in [4.69, 9.17) is 4.74 Å². The van der Waals surface area contributed by atoms with Crippen molar-refractivity contribution in [2.24, 2.45) is 0 Å². The summed E-state index contributed by atoms with van der Waals surface area (Å²) >= 11 is 1.06. The van der Waals surface area contributed by atoms with Gasteiger partial charge in [-0.25, -0.2) is 0 Å². The summed E-state index contributed by atoms with van der Waals surface area (Å²) in [4.78, 5) is 39.4. The monoisotopic (exact) mass is 402 g/mol. The smallest absolute Gasteiger partial charge is 0.289 e. The lowest BCUT2D eigenvalue weighted by atomic mass is 9.73. The van der Waals surface area contributed by atoms with Crippen LogP contribution in [0.25, 0.3) is 0 Å². The molecule has 3 aliphatic rings. The molecule has 1 aromatic carbocycles. The summed E-state index contributed by atoms with van der Waals surface area (Å²) in [6.07, 6.45) is 4.78. The molecule has 3 fully saturated rings. The molecule has 4 rings (SSSR count). The maximum absolute atomic E-state index is 13.6. The van der Waals surface area contributed by atoms with Crippen LogP contribution in [-0.4, -0.2) is 53.0 Å². The largest absolute Gasteiger partial charge is 0.381 e. The number of hydrogen-bond donors (Lipinski definition) is 1. The molecule has 28 heavy (non-hydrogen) atoms. The molecule has 1 saturated carbocycles. The van der Waals surface area contributed by atoms with Crippen LogP contribution in [0.3, 0.4) is 0 Å². The Hall–Kier alpha value is -1.86.